The van der Waals surface area contributed by atoms with Crippen molar-refractivity contribution in [3.05, 3.63) is 65.1 Å². The van der Waals surface area contributed by atoms with Crippen LogP contribution in [0.5, 0.6) is 5.75 Å². The van der Waals surface area contributed by atoms with Gasteiger partial charge in [-0.05, 0) is 61.7 Å². The molecular formula is C25H37NO4. The molecule has 4 N–H and O–H groups in total. The molecule has 0 aliphatic carbocycles. The second-order valence-electron chi connectivity index (χ2n) is 5.86. The van der Waals surface area contributed by atoms with Gasteiger partial charge in [-0.15, -0.1) is 0 Å². The maximum absolute atomic E-state index is 10.6. The van der Waals surface area contributed by atoms with E-state index in [-0.39, 0.29) is 31.8 Å². The van der Waals surface area contributed by atoms with E-state index in [1.807, 2.05) is 0 Å². The molecule has 0 fully saturated rings. The highest BCUT2D eigenvalue weighted by Crippen LogP contribution is 2.22. The SMILES string of the molecule is [2H]c1cc([2H])c(C([2H])([2H])C([2H])([2H])C([2H])([2H])C([2H])([2H])OC([2H])([2H])CCCCCNCC([2H])(O)c2c([2H])c([2H])c(O)c(C([2H])([2H])O)c2[2H])c([2H])c1. The van der Waals surface area contributed by atoms with E-state index >= 15 is 0 Å². The van der Waals surface area contributed by atoms with E-state index in [9.17, 15) is 15.3 Å². The molecule has 0 aliphatic heterocycles. The van der Waals surface area contributed by atoms with Gasteiger partial charge in [0.25, 0.3) is 0 Å². The molecule has 0 radical (unpaired) electrons. The molecule has 2 aromatic rings. The first kappa shape index (κ1) is 8.91. The molecule has 30 heavy (non-hydrogen) atoms. The fraction of sp³-hybridized carbons (Fsp3) is 0.520. The van der Waals surface area contributed by atoms with Gasteiger partial charge in [0.15, 0.2) is 0 Å². The van der Waals surface area contributed by atoms with Gasteiger partial charge in [0, 0.05) is 33.5 Å². The topological polar surface area (TPSA) is 82.0 Å². The maximum atomic E-state index is 10.6. The van der Waals surface area contributed by atoms with E-state index in [1.165, 1.54) is 0 Å². The fourth-order valence-corrected chi connectivity index (χ4v) is 2.16. The number of hydrogen-bond acceptors (Lipinski definition) is 5. The molecule has 0 heterocycles. The molecule has 0 saturated carbocycles. The van der Waals surface area contributed by atoms with Crippen LogP contribution in [0.2, 0.25) is 0 Å². The Morgan fingerprint density at radius 1 is 1.07 bits per heavy atom. The van der Waals surface area contributed by atoms with Crippen LogP contribution in [-0.4, -0.2) is 41.5 Å². The lowest BCUT2D eigenvalue weighted by molar-refractivity contribution is 0.126. The van der Waals surface area contributed by atoms with Crippen LogP contribution in [0.25, 0.3) is 0 Å². The number of nitrogens with one attached hydrogen (secondary N) is 1. The van der Waals surface area contributed by atoms with E-state index < -0.39 is 110 Å². The summed E-state index contributed by atoms with van der Waals surface area (Å²) in [7, 11) is 0. The van der Waals surface area contributed by atoms with Gasteiger partial charge in [-0.2, -0.15) is 0 Å². The number of phenols is 1. The zero-order valence-electron chi connectivity index (χ0n) is 35.1. The van der Waals surface area contributed by atoms with Gasteiger partial charge in [-0.1, -0.05) is 49.1 Å². The molecule has 0 saturated heterocycles. The van der Waals surface area contributed by atoms with Gasteiger partial charge in [-0.25, -0.2) is 0 Å². The monoisotopic (exact) mass is 434 g/mol. The van der Waals surface area contributed by atoms with Crippen LogP contribution in [-0.2, 0) is 17.7 Å². The maximum Gasteiger partial charge on any atom is 0.121 e. The van der Waals surface area contributed by atoms with Crippen molar-refractivity contribution >= 4 is 0 Å². The van der Waals surface area contributed by atoms with E-state index in [2.05, 4.69) is 5.32 Å². The first-order chi connectivity index (χ1) is 21.9. The van der Waals surface area contributed by atoms with Crippen LogP contribution < -0.4 is 5.32 Å². The van der Waals surface area contributed by atoms with Gasteiger partial charge >= 0.3 is 0 Å². The Hall–Kier alpha value is -1.92. The molecule has 2 rings (SSSR count). The van der Waals surface area contributed by atoms with Crippen molar-refractivity contribution in [2.24, 2.45) is 0 Å². The van der Waals surface area contributed by atoms with Crippen molar-refractivity contribution in [2.45, 2.75) is 57.4 Å². The van der Waals surface area contributed by atoms with Gasteiger partial charge in [0.1, 0.15) is 5.75 Å². The zero-order valence-corrected chi connectivity index (χ0v) is 16.1. The number of ether oxygens (including phenoxy) is 1. The number of rotatable bonds is 16. The second-order valence-corrected chi connectivity index (χ2v) is 5.86. The van der Waals surface area contributed by atoms with Crippen molar-refractivity contribution in [1.29, 1.82) is 0 Å². The highest BCUT2D eigenvalue weighted by molar-refractivity contribution is 5.36. The van der Waals surface area contributed by atoms with Gasteiger partial charge in [0.2, 0.25) is 0 Å². The predicted molar refractivity (Wildman–Crippen MR) is 121 cm³/mol. The van der Waals surface area contributed by atoms with Crippen LogP contribution in [0.4, 0.5) is 0 Å². The minimum absolute atomic E-state index is 0.0145. The summed E-state index contributed by atoms with van der Waals surface area (Å²) in [6, 6.07) is -3.31. The molecule has 5 nitrogen and oxygen atoms in total. The largest absolute Gasteiger partial charge is 0.508 e. The highest BCUT2D eigenvalue weighted by Gasteiger charge is 2.09. The Morgan fingerprint density at radius 2 is 1.87 bits per heavy atom. The van der Waals surface area contributed by atoms with Crippen molar-refractivity contribution < 1.29 is 46.1 Å². The minimum Gasteiger partial charge on any atom is -0.508 e. The normalized spacial score (nSPS) is 25.3. The van der Waals surface area contributed by atoms with E-state index in [4.69, 9.17) is 30.8 Å². The number of aromatic hydroxyl groups is 1. The average Bonchev–Trinajstić information content (AvgIpc) is 2.88. The second kappa shape index (κ2) is 15.0. The predicted octanol–water partition coefficient (Wildman–Crippen LogP) is 4.11. The first-order valence-electron chi connectivity index (χ1n) is 18.6. The average molecular weight is 435 g/mol. The van der Waals surface area contributed by atoms with Crippen molar-refractivity contribution in [1.82, 2.24) is 5.32 Å². The molecule has 0 spiro atoms. The van der Waals surface area contributed by atoms with Gasteiger partial charge in [0.05, 0.1) is 30.5 Å². The minimum atomic E-state index is -3.90. The summed E-state index contributed by atoms with van der Waals surface area (Å²) in [6.45, 7) is -10.6. The molecule has 5 heteroatoms. The van der Waals surface area contributed by atoms with Crippen LogP contribution in [0, 0.1) is 0 Å². The highest BCUT2D eigenvalue weighted by atomic mass is 16.5. The Kier molecular flexibility index (Phi) is 4.44. The smallest absolute Gasteiger partial charge is 0.121 e. The van der Waals surface area contributed by atoms with Gasteiger partial charge in [-0.3, -0.25) is 0 Å². The molecule has 2 aromatic carbocycles. The van der Waals surface area contributed by atoms with E-state index in [0.29, 0.717) is 0 Å². The molecule has 0 aliphatic rings. The standard InChI is InChI=1S/C25H37NO4/c27-20-23-18-22(13-14-24(23)28)25(29)19-26-15-7-1-2-8-16-30-17-9-6-12-21-10-4-3-5-11-21/h3-5,10-11,13-14,18,25-29H,1-2,6-9,12,15-17,19-20H2/i3D,6D2,9D2,10D,11D,12D2,13D,14D,16D2,17D2,18D,20D2,25D. The Bertz CT molecular complexity index is 1490. The quantitative estimate of drug-likeness (QED) is 0.299. The molecule has 1 unspecified atom stereocenters. The summed E-state index contributed by atoms with van der Waals surface area (Å²) in [6.07, 6.45) is -14.2. The lowest BCUT2D eigenvalue weighted by atomic mass is 10.1. The lowest BCUT2D eigenvalue weighted by Crippen LogP contribution is -2.22. The summed E-state index contributed by atoms with van der Waals surface area (Å²) in [5, 5.41) is 32.9. The Balaban J connectivity index is 2.04. The summed E-state index contributed by atoms with van der Waals surface area (Å²) in [4.78, 5) is 0. The molecule has 0 bridgehead atoms. The van der Waals surface area contributed by atoms with Crippen LogP contribution in [0.1, 0.15) is 87.2 Å². The van der Waals surface area contributed by atoms with E-state index in [1.54, 1.807) is 0 Å². The Morgan fingerprint density at radius 3 is 2.67 bits per heavy atom. The molecular weight excluding hydrogens is 378 g/mol. The van der Waals surface area contributed by atoms with Crippen molar-refractivity contribution in [3.63, 3.8) is 0 Å². The number of unbranched alkanes of at least 4 members (excludes halogenated alkanes) is 2. The summed E-state index contributed by atoms with van der Waals surface area (Å²) >= 11 is 0. The van der Waals surface area contributed by atoms with Crippen LogP contribution in [0.3, 0.4) is 0 Å². The third-order valence-corrected chi connectivity index (χ3v) is 3.64. The number of hydrogen-bond donors (Lipinski definition) is 4. The number of aliphatic hydroxyl groups is 2. The van der Waals surface area contributed by atoms with Crippen molar-refractivity contribution in [2.75, 3.05) is 26.2 Å². The number of benzene rings is 2. The lowest BCUT2D eigenvalue weighted by Gasteiger charge is -2.14. The Labute approximate surface area is 207 Å². The summed E-state index contributed by atoms with van der Waals surface area (Å²) in [5.74, 6) is -1.19. The van der Waals surface area contributed by atoms with E-state index in [0.717, 1.165) is 12.1 Å². The molecule has 0 amide bonds. The third kappa shape index (κ3) is 9.72. The van der Waals surface area contributed by atoms with Crippen LogP contribution in [0.15, 0.2) is 48.4 Å². The molecule has 166 valence electrons. The zero-order chi connectivity index (χ0) is 38.3. The first-order valence-corrected chi connectivity index (χ1v) is 9.15. The fourth-order valence-electron chi connectivity index (χ4n) is 2.16. The summed E-state index contributed by atoms with van der Waals surface area (Å²) in [5.41, 5.74) is -2.88. The summed E-state index contributed by atoms with van der Waals surface area (Å²) < 4.78 is 157. The van der Waals surface area contributed by atoms with Crippen LogP contribution >= 0.6 is 0 Å². The molecule has 1 atom stereocenters. The third-order valence-electron chi connectivity index (χ3n) is 3.64. The van der Waals surface area contributed by atoms with Gasteiger partial charge < -0.3 is 25.4 Å². The molecule has 0 aromatic heterocycles. The van der Waals surface area contributed by atoms with Crippen molar-refractivity contribution in [3.8, 4) is 5.75 Å².